The summed E-state index contributed by atoms with van der Waals surface area (Å²) in [4.78, 5) is 17.2. The lowest BCUT2D eigenvalue weighted by atomic mass is 10.1. The fourth-order valence-electron chi connectivity index (χ4n) is 2.06. The van der Waals surface area contributed by atoms with Gasteiger partial charge in [0.2, 0.25) is 0 Å². The van der Waals surface area contributed by atoms with Crippen molar-refractivity contribution < 1.29 is 13.2 Å². The predicted molar refractivity (Wildman–Crippen MR) is 83.1 cm³/mol. The Morgan fingerprint density at radius 3 is 2.83 bits per heavy atom. The second-order valence-corrected chi connectivity index (χ2v) is 5.68. The van der Waals surface area contributed by atoms with Crippen LogP contribution in [0, 0.1) is 6.92 Å². The second-order valence-electron chi connectivity index (χ2n) is 4.78. The van der Waals surface area contributed by atoms with Crippen LogP contribution in [0.25, 0.3) is 10.2 Å². The van der Waals surface area contributed by atoms with Crippen molar-refractivity contribution >= 4 is 27.8 Å². The third-order valence-corrected chi connectivity index (χ3v) is 3.98. The van der Waals surface area contributed by atoms with Crippen molar-refractivity contribution in [2.75, 3.05) is 0 Å². The molecule has 0 saturated carbocycles. The molecule has 0 radical (unpaired) electrons. The number of benzene rings is 1. The van der Waals surface area contributed by atoms with Gasteiger partial charge < -0.3 is 0 Å². The average Bonchev–Trinajstić information content (AvgIpc) is 2.95. The molecule has 0 saturated heterocycles. The summed E-state index contributed by atoms with van der Waals surface area (Å²) < 4.78 is 39.1. The maximum atomic E-state index is 12.7. The van der Waals surface area contributed by atoms with Crippen LogP contribution in [0.5, 0.6) is 0 Å². The Morgan fingerprint density at radius 2 is 2.09 bits per heavy atom. The molecular formula is C15H10F3N3OS. The van der Waals surface area contributed by atoms with Crippen LogP contribution in [0.3, 0.4) is 0 Å². The van der Waals surface area contributed by atoms with Gasteiger partial charge in [-0.25, -0.2) is 4.98 Å². The van der Waals surface area contributed by atoms with Crippen LogP contribution in [0.4, 0.5) is 13.2 Å². The Bertz CT molecular complexity index is 956. The zero-order valence-corrected chi connectivity index (χ0v) is 12.6. The first-order chi connectivity index (χ1) is 10.9. The molecule has 3 rings (SSSR count). The molecule has 0 bridgehead atoms. The predicted octanol–water partition coefficient (Wildman–Crippen LogP) is 3.67. The maximum absolute atomic E-state index is 12.7. The monoisotopic (exact) mass is 337 g/mol. The summed E-state index contributed by atoms with van der Waals surface area (Å²) >= 11 is 1.34. The number of nitrogens with zero attached hydrogens (tertiary/aromatic N) is 3. The van der Waals surface area contributed by atoms with Gasteiger partial charge in [0.25, 0.3) is 5.56 Å². The van der Waals surface area contributed by atoms with Gasteiger partial charge in [-0.1, -0.05) is 12.1 Å². The highest BCUT2D eigenvalue weighted by atomic mass is 32.1. The minimum atomic E-state index is -4.42. The third-order valence-electron chi connectivity index (χ3n) is 3.17. The highest BCUT2D eigenvalue weighted by Crippen LogP contribution is 2.29. The lowest BCUT2D eigenvalue weighted by Crippen LogP contribution is -2.19. The van der Waals surface area contributed by atoms with Gasteiger partial charge in [0, 0.05) is 0 Å². The normalized spacial score (nSPS) is 12.3. The van der Waals surface area contributed by atoms with E-state index in [9.17, 15) is 18.0 Å². The Morgan fingerprint density at radius 1 is 1.30 bits per heavy atom. The van der Waals surface area contributed by atoms with E-state index in [1.807, 2.05) is 0 Å². The number of halogens is 3. The molecule has 0 aliphatic heterocycles. The first kappa shape index (κ1) is 15.4. The molecule has 0 amide bonds. The van der Waals surface area contributed by atoms with E-state index in [0.717, 1.165) is 16.8 Å². The molecule has 0 unspecified atom stereocenters. The van der Waals surface area contributed by atoms with E-state index in [4.69, 9.17) is 0 Å². The van der Waals surface area contributed by atoms with Crippen LogP contribution in [0.15, 0.2) is 45.6 Å². The van der Waals surface area contributed by atoms with Gasteiger partial charge in [-0.15, -0.1) is 11.3 Å². The number of alkyl halides is 3. The number of aromatic nitrogens is 2. The summed E-state index contributed by atoms with van der Waals surface area (Å²) in [5, 5.41) is 6.16. The number of fused-ring (bicyclic) bond motifs is 1. The summed E-state index contributed by atoms with van der Waals surface area (Å²) in [6, 6.07) is 6.37. The fourth-order valence-corrected chi connectivity index (χ4v) is 2.86. The van der Waals surface area contributed by atoms with Crippen molar-refractivity contribution in [1.82, 2.24) is 9.66 Å². The molecule has 118 valence electrons. The molecule has 2 heterocycles. The first-order valence-electron chi connectivity index (χ1n) is 6.55. The molecule has 1 aromatic carbocycles. The topological polar surface area (TPSA) is 47.2 Å². The Hall–Kier alpha value is -2.48. The average molecular weight is 337 g/mol. The lowest BCUT2D eigenvalue weighted by Gasteiger charge is -2.07. The quantitative estimate of drug-likeness (QED) is 0.670. The number of hydrogen-bond acceptors (Lipinski definition) is 4. The highest BCUT2D eigenvalue weighted by Gasteiger charge is 2.30. The number of rotatable bonds is 2. The number of hydrogen-bond donors (Lipinski definition) is 0. The summed E-state index contributed by atoms with van der Waals surface area (Å²) in [5.41, 5.74) is -0.870. The standard InChI is InChI=1S/C15H10F3N3OS/c1-9-20-13-12(5-6-23-13)14(22)21(9)19-8-10-3-2-4-11(7-10)15(16,17)18/h2-8H,1H3/b19-8-. The van der Waals surface area contributed by atoms with Crippen molar-refractivity contribution in [3.05, 3.63) is 63.0 Å². The second kappa shape index (κ2) is 5.62. The first-order valence-corrected chi connectivity index (χ1v) is 7.43. The molecule has 2 aromatic heterocycles. The van der Waals surface area contributed by atoms with Crippen molar-refractivity contribution in [3.63, 3.8) is 0 Å². The highest BCUT2D eigenvalue weighted by molar-refractivity contribution is 7.16. The van der Waals surface area contributed by atoms with Crippen molar-refractivity contribution in [2.45, 2.75) is 13.1 Å². The zero-order chi connectivity index (χ0) is 16.6. The molecule has 23 heavy (non-hydrogen) atoms. The maximum Gasteiger partial charge on any atom is 0.416 e. The smallest absolute Gasteiger partial charge is 0.267 e. The van der Waals surface area contributed by atoms with Gasteiger partial charge >= 0.3 is 6.18 Å². The van der Waals surface area contributed by atoms with Gasteiger partial charge in [0.1, 0.15) is 10.7 Å². The van der Waals surface area contributed by atoms with Gasteiger partial charge in [0.05, 0.1) is 17.2 Å². The van der Waals surface area contributed by atoms with E-state index in [2.05, 4.69) is 10.1 Å². The summed E-state index contributed by atoms with van der Waals surface area (Å²) in [6.07, 6.45) is -3.21. The lowest BCUT2D eigenvalue weighted by molar-refractivity contribution is -0.137. The van der Waals surface area contributed by atoms with E-state index >= 15 is 0 Å². The van der Waals surface area contributed by atoms with Crippen molar-refractivity contribution in [2.24, 2.45) is 5.10 Å². The van der Waals surface area contributed by atoms with Crippen LogP contribution in [-0.2, 0) is 6.18 Å². The number of aryl methyl sites for hydroxylation is 1. The Balaban J connectivity index is 2.02. The van der Waals surface area contributed by atoms with Gasteiger partial charge in [-0.3, -0.25) is 4.79 Å². The van der Waals surface area contributed by atoms with Gasteiger partial charge in [0.15, 0.2) is 0 Å². The van der Waals surface area contributed by atoms with Crippen LogP contribution < -0.4 is 5.56 Å². The Kier molecular flexibility index (Phi) is 3.77. The molecule has 0 N–H and O–H groups in total. The zero-order valence-electron chi connectivity index (χ0n) is 11.8. The Labute approximate surface area is 132 Å². The van der Waals surface area contributed by atoms with Crippen molar-refractivity contribution in [3.8, 4) is 0 Å². The molecule has 4 nitrogen and oxygen atoms in total. The van der Waals surface area contributed by atoms with E-state index < -0.39 is 11.7 Å². The molecule has 0 fully saturated rings. The molecule has 0 aliphatic rings. The van der Waals surface area contributed by atoms with E-state index in [1.165, 1.54) is 29.7 Å². The molecule has 0 aliphatic carbocycles. The minimum Gasteiger partial charge on any atom is -0.267 e. The van der Waals surface area contributed by atoms with Gasteiger partial charge in [-0.05, 0) is 36.1 Å². The largest absolute Gasteiger partial charge is 0.416 e. The molecule has 0 atom stereocenters. The third kappa shape index (κ3) is 3.02. The van der Waals surface area contributed by atoms with Crippen LogP contribution in [-0.4, -0.2) is 15.9 Å². The van der Waals surface area contributed by atoms with Crippen molar-refractivity contribution in [1.29, 1.82) is 0 Å². The van der Waals surface area contributed by atoms with Gasteiger partial charge in [-0.2, -0.15) is 22.9 Å². The summed E-state index contributed by atoms with van der Waals surface area (Å²) in [7, 11) is 0. The SMILES string of the molecule is Cc1nc2sccc2c(=O)n1/N=C\c1cccc(C(F)(F)F)c1. The molecule has 3 aromatic rings. The molecular weight excluding hydrogens is 327 g/mol. The van der Waals surface area contributed by atoms with E-state index in [-0.39, 0.29) is 11.1 Å². The fraction of sp³-hybridized carbons (Fsp3) is 0.133. The summed E-state index contributed by atoms with van der Waals surface area (Å²) in [6.45, 7) is 1.62. The van der Waals surface area contributed by atoms with E-state index in [1.54, 1.807) is 18.4 Å². The molecule has 0 spiro atoms. The van der Waals surface area contributed by atoms with Crippen LogP contribution in [0.2, 0.25) is 0 Å². The minimum absolute atomic E-state index is 0.247. The van der Waals surface area contributed by atoms with E-state index in [0.29, 0.717) is 16.0 Å². The van der Waals surface area contributed by atoms with Crippen LogP contribution >= 0.6 is 11.3 Å². The summed E-state index contributed by atoms with van der Waals surface area (Å²) in [5.74, 6) is 0.369. The van der Waals surface area contributed by atoms with Crippen LogP contribution in [0.1, 0.15) is 17.0 Å². The molecule has 8 heteroatoms. The number of thiophene rings is 1.